The van der Waals surface area contributed by atoms with Gasteiger partial charge in [-0.2, -0.15) is 0 Å². The molecular formula is C15H22FN3O. The fraction of sp³-hybridized carbons (Fsp3) is 0.533. The van der Waals surface area contributed by atoms with Crippen molar-refractivity contribution < 1.29 is 9.18 Å². The van der Waals surface area contributed by atoms with Gasteiger partial charge in [-0.3, -0.25) is 4.79 Å². The maximum atomic E-state index is 13.4. The first-order valence-electron chi connectivity index (χ1n) is 7.12. The van der Waals surface area contributed by atoms with Crippen LogP contribution in [0, 0.1) is 5.82 Å². The summed E-state index contributed by atoms with van der Waals surface area (Å²) in [6, 6.07) is 6.77. The minimum Gasteiger partial charge on any atom is -0.324 e. The molecule has 1 heterocycles. The van der Waals surface area contributed by atoms with E-state index in [0.717, 1.165) is 25.9 Å². The molecule has 0 aliphatic carbocycles. The maximum Gasteiger partial charge on any atom is 0.225 e. The number of para-hydroxylation sites is 1. The van der Waals surface area contributed by atoms with Crippen LogP contribution >= 0.6 is 0 Å². The summed E-state index contributed by atoms with van der Waals surface area (Å²) >= 11 is 0. The molecule has 2 rings (SSSR count). The number of nitrogens with one attached hydrogen (secondary N) is 2. The van der Waals surface area contributed by atoms with Crippen molar-refractivity contribution in [3.63, 3.8) is 0 Å². The molecule has 0 unspecified atom stereocenters. The number of piperidine rings is 1. The highest BCUT2D eigenvalue weighted by Gasteiger charge is 2.18. The first-order valence-corrected chi connectivity index (χ1v) is 7.12. The van der Waals surface area contributed by atoms with Crippen molar-refractivity contribution >= 4 is 11.6 Å². The Balaban J connectivity index is 1.76. The molecule has 0 saturated carbocycles. The maximum absolute atomic E-state index is 13.4. The first kappa shape index (κ1) is 14.9. The van der Waals surface area contributed by atoms with Crippen molar-refractivity contribution in [2.75, 3.05) is 32.0 Å². The number of amides is 1. The van der Waals surface area contributed by atoms with Gasteiger partial charge in [0.2, 0.25) is 5.91 Å². The Bertz CT molecular complexity index is 446. The predicted molar refractivity (Wildman–Crippen MR) is 78.2 cm³/mol. The molecule has 1 amide bonds. The van der Waals surface area contributed by atoms with Crippen LogP contribution in [-0.2, 0) is 4.79 Å². The van der Waals surface area contributed by atoms with Crippen LogP contribution < -0.4 is 10.6 Å². The van der Waals surface area contributed by atoms with Gasteiger partial charge >= 0.3 is 0 Å². The zero-order valence-electron chi connectivity index (χ0n) is 11.9. The monoisotopic (exact) mass is 279 g/mol. The zero-order chi connectivity index (χ0) is 14.4. The van der Waals surface area contributed by atoms with E-state index in [0.29, 0.717) is 19.0 Å². The lowest BCUT2D eigenvalue weighted by Crippen LogP contribution is -2.42. The van der Waals surface area contributed by atoms with Gasteiger partial charge in [0, 0.05) is 19.0 Å². The van der Waals surface area contributed by atoms with Gasteiger partial charge in [-0.1, -0.05) is 12.1 Å². The number of hydrogen-bond acceptors (Lipinski definition) is 3. The van der Waals surface area contributed by atoms with E-state index in [1.54, 1.807) is 18.2 Å². The topological polar surface area (TPSA) is 44.4 Å². The van der Waals surface area contributed by atoms with Crippen molar-refractivity contribution in [3.05, 3.63) is 30.1 Å². The number of hydrogen-bond donors (Lipinski definition) is 2. The molecule has 1 fully saturated rings. The Labute approximate surface area is 119 Å². The number of halogens is 1. The van der Waals surface area contributed by atoms with E-state index in [1.165, 1.54) is 6.07 Å². The lowest BCUT2D eigenvalue weighted by atomic mass is 10.1. The molecule has 0 aromatic heterocycles. The minimum absolute atomic E-state index is 0.143. The van der Waals surface area contributed by atoms with Gasteiger partial charge in [0.1, 0.15) is 5.82 Å². The van der Waals surface area contributed by atoms with Gasteiger partial charge in [0.05, 0.1) is 5.69 Å². The van der Waals surface area contributed by atoms with Gasteiger partial charge in [0.15, 0.2) is 0 Å². The van der Waals surface area contributed by atoms with Crippen molar-refractivity contribution in [1.29, 1.82) is 0 Å². The van der Waals surface area contributed by atoms with Gasteiger partial charge < -0.3 is 15.5 Å². The number of anilines is 1. The summed E-state index contributed by atoms with van der Waals surface area (Å²) in [6.45, 7) is 2.78. The van der Waals surface area contributed by atoms with E-state index < -0.39 is 5.82 Å². The van der Waals surface area contributed by atoms with Crippen LogP contribution in [0.4, 0.5) is 10.1 Å². The summed E-state index contributed by atoms with van der Waals surface area (Å²) in [5.74, 6) is -0.538. The highest BCUT2D eigenvalue weighted by atomic mass is 19.1. The molecule has 0 radical (unpaired) electrons. The molecule has 4 nitrogen and oxygen atoms in total. The third-order valence-electron chi connectivity index (χ3n) is 3.77. The van der Waals surface area contributed by atoms with Crippen LogP contribution in [0.25, 0.3) is 0 Å². The molecule has 0 atom stereocenters. The highest BCUT2D eigenvalue weighted by Crippen LogP contribution is 2.13. The standard InChI is InChI=1S/C15H22FN3O/c1-19(12-6-9-17-10-7-12)11-8-15(20)18-14-5-3-2-4-13(14)16/h2-5,12,17H,6-11H2,1H3,(H,18,20). The van der Waals surface area contributed by atoms with E-state index in [-0.39, 0.29) is 11.6 Å². The Morgan fingerprint density at radius 3 is 2.80 bits per heavy atom. The summed E-state index contributed by atoms with van der Waals surface area (Å²) in [5, 5.41) is 5.94. The van der Waals surface area contributed by atoms with E-state index in [1.807, 2.05) is 7.05 Å². The summed E-state index contributed by atoms with van der Waals surface area (Å²) in [5.41, 5.74) is 0.252. The molecule has 0 bridgehead atoms. The Kier molecular flexibility index (Phi) is 5.49. The average molecular weight is 279 g/mol. The molecule has 1 aromatic rings. The molecule has 5 heteroatoms. The van der Waals surface area contributed by atoms with Crippen LogP contribution in [0.2, 0.25) is 0 Å². The molecule has 1 aliphatic rings. The van der Waals surface area contributed by atoms with Gasteiger partial charge in [-0.25, -0.2) is 4.39 Å². The number of nitrogens with zero attached hydrogens (tertiary/aromatic N) is 1. The van der Waals surface area contributed by atoms with Gasteiger partial charge in [0.25, 0.3) is 0 Å². The average Bonchev–Trinajstić information content (AvgIpc) is 2.48. The SMILES string of the molecule is CN(CCC(=O)Nc1ccccc1F)C1CCNCC1. The van der Waals surface area contributed by atoms with Crippen molar-refractivity contribution in [1.82, 2.24) is 10.2 Å². The largest absolute Gasteiger partial charge is 0.324 e. The number of rotatable bonds is 5. The molecule has 2 N–H and O–H groups in total. The Morgan fingerprint density at radius 2 is 2.10 bits per heavy atom. The predicted octanol–water partition coefficient (Wildman–Crippen LogP) is 1.84. The van der Waals surface area contributed by atoms with Crippen LogP contribution in [0.15, 0.2) is 24.3 Å². The van der Waals surface area contributed by atoms with Crippen molar-refractivity contribution in [2.24, 2.45) is 0 Å². The molecular weight excluding hydrogens is 257 g/mol. The molecule has 1 saturated heterocycles. The third kappa shape index (κ3) is 4.28. The van der Waals surface area contributed by atoms with Gasteiger partial charge in [-0.15, -0.1) is 0 Å². The van der Waals surface area contributed by atoms with Crippen molar-refractivity contribution in [3.8, 4) is 0 Å². The summed E-state index contributed by atoms with van der Waals surface area (Å²) in [6.07, 6.45) is 2.62. The quantitative estimate of drug-likeness (QED) is 0.864. The van der Waals surface area contributed by atoms with Gasteiger partial charge in [-0.05, 0) is 45.1 Å². The second-order valence-corrected chi connectivity index (χ2v) is 5.24. The molecule has 110 valence electrons. The number of carbonyl (C=O) groups excluding carboxylic acids is 1. The first-order chi connectivity index (χ1) is 9.66. The molecule has 1 aromatic carbocycles. The highest BCUT2D eigenvalue weighted by molar-refractivity contribution is 5.90. The van der Waals surface area contributed by atoms with E-state index in [9.17, 15) is 9.18 Å². The molecule has 1 aliphatic heterocycles. The zero-order valence-corrected chi connectivity index (χ0v) is 11.9. The lowest BCUT2D eigenvalue weighted by Gasteiger charge is -2.31. The van der Waals surface area contributed by atoms with E-state index in [4.69, 9.17) is 0 Å². The summed E-state index contributed by atoms with van der Waals surface area (Å²) < 4.78 is 13.4. The Hall–Kier alpha value is -1.46. The van der Waals surface area contributed by atoms with E-state index in [2.05, 4.69) is 15.5 Å². The van der Waals surface area contributed by atoms with E-state index >= 15 is 0 Å². The smallest absolute Gasteiger partial charge is 0.225 e. The second kappa shape index (κ2) is 7.36. The van der Waals surface area contributed by atoms with Crippen LogP contribution in [0.1, 0.15) is 19.3 Å². The van der Waals surface area contributed by atoms with Crippen LogP contribution in [0.3, 0.4) is 0 Å². The normalized spacial score (nSPS) is 16.4. The number of benzene rings is 1. The summed E-state index contributed by atoms with van der Waals surface area (Å²) in [4.78, 5) is 14.1. The fourth-order valence-corrected chi connectivity index (χ4v) is 2.48. The van der Waals surface area contributed by atoms with Crippen molar-refractivity contribution in [2.45, 2.75) is 25.3 Å². The second-order valence-electron chi connectivity index (χ2n) is 5.24. The third-order valence-corrected chi connectivity index (χ3v) is 3.77. The van der Waals surface area contributed by atoms with Crippen LogP contribution in [-0.4, -0.2) is 43.5 Å². The Morgan fingerprint density at radius 1 is 1.40 bits per heavy atom. The molecule has 0 spiro atoms. The lowest BCUT2D eigenvalue weighted by molar-refractivity contribution is -0.116. The molecule has 20 heavy (non-hydrogen) atoms. The number of carbonyl (C=O) groups is 1. The minimum atomic E-state index is -0.396. The summed E-state index contributed by atoms with van der Waals surface area (Å²) in [7, 11) is 2.05. The fourth-order valence-electron chi connectivity index (χ4n) is 2.48. The van der Waals surface area contributed by atoms with Crippen LogP contribution in [0.5, 0.6) is 0 Å².